The van der Waals surface area contributed by atoms with Crippen molar-refractivity contribution in [2.45, 2.75) is 77.8 Å². The number of thioether (sulfide) groups is 8. The normalized spacial score (nSPS) is 17.2. The van der Waals surface area contributed by atoms with Gasteiger partial charge in [-0.1, -0.05) is 81.7 Å². The highest BCUT2D eigenvalue weighted by molar-refractivity contribution is 9.09. The molecule has 31 nitrogen and oxygen atoms in total. The average molecular weight is 1900 g/mol. The maximum absolute atomic E-state index is 12.2. The van der Waals surface area contributed by atoms with Crippen molar-refractivity contribution in [3.63, 3.8) is 0 Å². The van der Waals surface area contributed by atoms with E-state index in [1.807, 2.05) is 9.80 Å². The monoisotopic (exact) mass is 1890 g/mol. The van der Waals surface area contributed by atoms with E-state index >= 15 is 0 Å². The minimum atomic E-state index is -1.65. The number of hydrogen-bond donors (Lipinski definition) is 8. The molecule has 9 aliphatic rings. The number of aliphatic carboxylic acids is 1. The van der Waals surface area contributed by atoms with Crippen molar-refractivity contribution in [3.8, 4) is 0 Å². The fourth-order valence-corrected chi connectivity index (χ4v) is 18.2. The Hall–Kier alpha value is -4.62. The smallest absolute Gasteiger partial charge is 0.323 e. The van der Waals surface area contributed by atoms with Crippen molar-refractivity contribution in [1.82, 2.24) is 45.3 Å². The number of nitrogens with two attached hydrogens (primary N) is 3. The molecule has 0 saturated carbocycles. The van der Waals surface area contributed by atoms with Gasteiger partial charge in [0.1, 0.15) is 0 Å². The first-order valence-corrected chi connectivity index (χ1v) is 54.2. The summed E-state index contributed by atoms with van der Waals surface area (Å²) in [6, 6.07) is 13.6. The number of hydrogen-bond acceptors (Lipinski definition) is 29. The SMILES string of the molecule is CC(C)(C)[Si](C)(C)OCCBr.CC(C)(C)[Si](C)(C)OCCN1CCSCC1=O.CCl.NCCN1CCSCC1=O.NN.O=C(O)CSCC(=O)NCCN1CCSCC1=O.O=C1CSCC(=O)O1.O=C1CSCCN1.O=C1CSCCN1CCN1C(=O)c2ccccc2C1=O.O=C1CSCCN1CCO.O=C1NC(=O)c2ccccc21. The fraction of sp³-hybridized carbons (Fsp3) is 0.644. The van der Waals surface area contributed by atoms with Crippen molar-refractivity contribution < 1.29 is 90.9 Å². The lowest BCUT2D eigenvalue weighted by Crippen LogP contribution is -2.45. The summed E-state index contributed by atoms with van der Waals surface area (Å²) in [5, 5.41) is 26.1. The molecule has 11 rings (SSSR count). The number of cyclic esters (lactones) is 2. The Kier molecular flexibility index (Phi) is 57.3. The molecule has 2 aromatic carbocycles. The number of ether oxygens (including phenoxy) is 1. The quantitative estimate of drug-likeness (QED) is 0.0149. The van der Waals surface area contributed by atoms with Gasteiger partial charge in [0.15, 0.2) is 16.6 Å². The van der Waals surface area contributed by atoms with E-state index in [9.17, 15) is 67.1 Å². The molecule has 2 aromatic rings. The second-order valence-corrected chi connectivity index (χ2v) is 47.2. The molecule has 0 aliphatic carbocycles. The molecule has 0 atom stereocenters. The first-order valence-electron chi connectivity index (χ1n) is 37.2. The third kappa shape index (κ3) is 43.7. The van der Waals surface area contributed by atoms with Gasteiger partial charge in [0.25, 0.3) is 23.6 Å². The number of fused-ring (bicyclic) bond motifs is 2. The largest absolute Gasteiger partial charge is 0.481 e. The van der Waals surface area contributed by atoms with Crippen LogP contribution in [0, 0.1) is 0 Å². The van der Waals surface area contributed by atoms with Crippen LogP contribution >= 0.6 is 122 Å². The third-order valence-electron chi connectivity index (χ3n) is 17.9. The number of imide groups is 2. The summed E-state index contributed by atoms with van der Waals surface area (Å²) in [5.41, 5.74) is 7.17. The van der Waals surface area contributed by atoms with Gasteiger partial charge in [-0.05, 0) is 60.5 Å². The number of benzene rings is 2. The lowest BCUT2D eigenvalue weighted by molar-refractivity contribution is -0.156. The number of alkyl halides is 2. The number of carbonyl (C=O) groups is 14. The summed E-state index contributed by atoms with van der Waals surface area (Å²) < 4.78 is 16.1. The van der Waals surface area contributed by atoms with Crippen molar-refractivity contribution in [2.24, 2.45) is 17.4 Å². The van der Waals surface area contributed by atoms with Crippen LogP contribution < -0.4 is 33.4 Å². The third-order valence-corrected chi connectivity index (χ3v) is 34.7. The molecule has 0 spiro atoms. The Balaban J connectivity index is 0.000000660. The van der Waals surface area contributed by atoms with Gasteiger partial charge in [0.05, 0.1) is 93.0 Å². The van der Waals surface area contributed by atoms with Crippen LogP contribution in [0.25, 0.3) is 0 Å². The Morgan fingerprint density at radius 2 is 0.914 bits per heavy atom. The molecule has 11 amide bonds. The number of amides is 11. The predicted octanol–water partition coefficient (Wildman–Crippen LogP) is 5.31. The van der Waals surface area contributed by atoms with Gasteiger partial charge in [-0.2, -0.15) is 70.6 Å². The molecule has 0 unspecified atom stereocenters. The number of carboxylic acids is 1. The number of carboxylic acid groups (broad SMARTS) is 1. The maximum Gasteiger partial charge on any atom is 0.323 e. The van der Waals surface area contributed by atoms with Crippen LogP contribution in [0.4, 0.5) is 0 Å². The Bertz CT molecular complexity index is 3330. The lowest BCUT2D eigenvalue weighted by atomic mass is 10.1. The van der Waals surface area contributed by atoms with Crippen molar-refractivity contribution in [3.05, 3.63) is 70.8 Å². The number of aliphatic hydroxyl groups excluding tert-OH is 1. The van der Waals surface area contributed by atoms with E-state index in [0.717, 1.165) is 104 Å². The predicted molar refractivity (Wildman–Crippen MR) is 483 cm³/mol. The summed E-state index contributed by atoms with van der Waals surface area (Å²) in [7, 11) is -3.11. The van der Waals surface area contributed by atoms with Gasteiger partial charge in [-0.15, -0.1) is 35.1 Å². The molecule has 7 fully saturated rings. The number of esters is 2. The fourth-order valence-electron chi connectivity index (χ4n) is 9.62. The molecule has 0 bridgehead atoms. The molecular formula is C73H120BrClN12O19S8Si2. The lowest BCUT2D eigenvalue weighted by Gasteiger charge is -2.37. The molecule has 9 aliphatic heterocycles. The standard InChI is InChI=1S/C14H14N2O3S.C12H25NO2SSi.C10H16N2O4S2.C8H19BrOSi.C8H5NO2.C6H12N2OS.C6H11NO2S.C4H7NOS.C4H4O3S.CH3Cl.H4N2/c17-12-9-20-8-7-15(12)5-6-16-13(18)10-3-1-2-4-11(10)14(16)19;1-12(2,3)17(4,5)15-8-6-13-7-9-16-10-11(13)14;13-8(5-18-7-10(15)16)11-1-2-12-3-4-17-6-9(12)14;1-8(2,3)11(4,5)10-7-6-9;10-7-5-3-1-2-4-6(5)8(11)9-7;7-1-2-8-3-4-10-5-6(8)9;8-3-1-7-2-4-10-5-6(7)9;6-4-3-7-2-1-5-4;5-3-1-8-2-4(6)7-3;2*1-2/h1-4H,5-9H2;6-10H2,1-5H3;1-7H2,(H,11,13)(H,15,16);6-7H2,1-5H3;1-4H,(H,9,10,11);1-5,7H2;8H,1-5H2;1-3H2,(H,5,6);1-2H2;1H3;1-2H2. The van der Waals surface area contributed by atoms with Crippen molar-refractivity contribution in [1.29, 1.82) is 0 Å². The Morgan fingerprint density at radius 1 is 0.534 bits per heavy atom. The van der Waals surface area contributed by atoms with Gasteiger partial charge in [0, 0.05) is 144 Å². The number of nitrogens with one attached hydrogen (secondary N) is 3. The van der Waals surface area contributed by atoms with Crippen LogP contribution in [0.15, 0.2) is 48.5 Å². The molecule has 11 N–H and O–H groups in total. The van der Waals surface area contributed by atoms with E-state index < -0.39 is 34.5 Å². The highest BCUT2D eigenvalue weighted by Crippen LogP contribution is 2.37. The van der Waals surface area contributed by atoms with Gasteiger partial charge in [-0.3, -0.25) is 89.0 Å². The van der Waals surface area contributed by atoms with Gasteiger partial charge < -0.3 is 64.7 Å². The van der Waals surface area contributed by atoms with Crippen molar-refractivity contribution in [2.75, 3.05) is 215 Å². The first kappa shape index (κ1) is 109. The van der Waals surface area contributed by atoms with E-state index in [0.29, 0.717) is 119 Å². The van der Waals surface area contributed by atoms with Crippen molar-refractivity contribution >= 4 is 221 Å². The first-order chi connectivity index (χ1) is 55.0. The van der Waals surface area contributed by atoms with E-state index in [-0.39, 0.29) is 94.7 Å². The van der Waals surface area contributed by atoms with Crippen LogP contribution in [-0.4, -0.2) is 354 Å². The number of β-amino-alcohol motifs (C(OH)–C–C–N with tert-alkyl or cyclic N) is 1. The molecule has 9 heterocycles. The summed E-state index contributed by atoms with van der Waals surface area (Å²) in [6.45, 7) is 33.2. The second-order valence-electron chi connectivity index (χ2n) is 28.2. The molecule has 43 heteroatoms. The zero-order chi connectivity index (χ0) is 87.5. The minimum absolute atomic E-state index is 0.0742. The second kappa shape index (κ2) is 60.8. The molecular weight excluding hydrogens is 1780 g/mol. The van der Waals surface area contributed by atoms with Gasteiger partial charge >= 0.3 is 17.9 Å². The molecule has 0 aromatic heterocycles. The number of hydrazine groups is 1. The summed E-state index contributed by atoms with van der Waals surface area (Å²) in [4.78, 5) is 165. The number of carbonyl (C=O) groups excluding carboxylic acids is 13. The van der Waals surface area contributed by atoms with E-state index in [4.69, 9.17) is 24.8 Å². The number of nitrogens with zero attached hydrogens (tertiary/aromatic N) is 6. The minimum Gasteiger partial charge on any atom is -0.481 e. The highest BCUT2D eigenvalue weighted by atomic mass is 79.9. The van der Waals surface area contributed by atoms with E-state index in [1.165, 1.54) is 23.0 Å². The van der Waals surface area contributed by atoms with Crippen LogP contribution in [0.2, 0.25) is 36.3 Å². The summed E-state index contributed by atoms with van der Waals surface area (Å²) in [5.74, 6) is 16.2. The topological polar surface area (TPSA) is 441 Å². The average Bonchev–Trinajstić information content (AvgIpc) is 1.65. The van der Waals surface area contributed by atoms with Crippen LogP contribution in [0.3, 0.4) is 0 Å². The molecule has 116 heavy (non-hydrogen) atoms. The molecule has 656 valence electrons. The zero-order valence-electron chi connectivity index (χ0n) is 68.4. The number of aliphatic hydroxyl groups is 1. The molecule has 7 saturated heterocycles. The Morgan fingerprint density at radius 3 is 1.25 bits per heavy atom. The summed E-state index contributed by atoms with van der Waals surface area (Å²) in [6.07, 6.45) is 1.47. The maximum atomic E-state index is 12.2. The zero-order valence-corrected chi connectivity index (χ0v) is 79.3. The Labute approximate surface area is 732 Å². The highest BCUT2D eigenvalue weighted by Gasteiger charge is 2.39. The summed E-state index contributed by atoms with van der Waals surface area (Å²) >= 11 is 20.4. The number of rotatable bonds is 21. The van der Waals surface area contributed by atoms with Gasteiger partial charge in [0.2, 0.25) is 41.4 Å². The number of halogens is 2. The van der Waals surface area contributed by atoms with Crippen LogP contribution in [0.1, 0.15) is 83.0 Å². The van der Waals surface area contributed by atoms with Crippen LogP contribution in [0.5, 0.6) is 0 Å². The van der Waals surface area contributed by atoms with E-state index in [1.54, 1.807) is 134 Å². The van der Waals surface area contributed by atoms with Gasteiger partial charge in [-0.25, -0.2) is 0 Å². The molecule has 0 radical (unpaired) electrons. The van der Waals surface area contributed by atoms with E-state index in [2.05, 4.69) is 128 Å². The van der Waals surface area contributed by atoms with Crippen LogP contribution in [-0.2, 0) is 61.5 Å².